The lowest BCUT2D eigenvalue weighted by Crippen LogP contribution is -2.24. The van der Waals surface area contributed by atoms with Crippen molar-refractivity contribution in [1.29, 1.82) is 0 Å². The highest BCUT2D eigenvalue weighted by atomic mass is 35.5. The van der Waals surface area contributed by atoms with E-state index >= 15 is 0 Å². The van der Waals surface area contributed by atoms with Gasteiger partial charge in [-0.3, -0.25) is 0 Å². The van der Waals surface area contributed by atoms with Gasteiger partial charge in [0.15, 0.2) is 0 Å². The summed E-state index contributed by atoms with van der Waals surface area (Å²) in [6, 6.07) is 5.11. The molecule has 0 radical (unpaired) electrons. The maximum atomic E-state index is 11.0. The molecule has 0 fully saturated rings. The summed E-state index contributed by atoms with van der Waals surface area (Å²) in [5.74, 6) is 0. The number of amides is 1. The van der Waals surface area contributed by atoms with Crippen molar-refractivity contribution >= 4 is 23.4 Å². The van der Waals surface area contributed by atoms with E-state index in [1.165, 1.54) is 0 Å². The molecule has 0 atom stereocenters. The number of nitrogen functional groups attached to an aromatic ring is 1. The third-order valence-electron chi connectivity index (χ3n) is 1.80. The van der Waals surface area contributed by atoms with E-state index in [2.05, 4.69) is 5.32 Å². The normalized spacial score (nSPS) is 9.73. The summed E-state index contributed by atoms with van der Waals surface area (Å²) >= 11 is 5.79. The molecule has 0 saturated carbocycles. The van der Waals surface area contributed by atoms with Crippen LogP contribution in [0.3, 0.4) is 0 Å². The molecule has 0 bridgehead atoms. The maximum Gasteiger partial charge on any atom is 0.407 e. The number of hydrogen-bond acceptors (Lipinski definition) is 3. The number of nitrogens with two attached hydrogens (primary N) is 1. The Hall–Kier alpha value is -1.42. The molecule has 1 amide bonds. The van der Waals surface area contributed by atoms with Gasteiger partial charge >= 0.3 is 6.09 Å². The lowest BCUT2D eigenvalue weighted by atomic mass is 10.2. The Morgan fingerprint density at radius 1 is 1.60 bits per heavy atom. The Morgan fingerprint density at radius 2 is 2.33 bits per heavy atom. The summed E-state index contributed by atoms with van der Waals surface area (Å²) in [6.07, 6.45) is -0.461. The molecule has 82 valence electrons. The maximum absolute atomic E-state index is 11.0. The van der Waals surface area contributed by atoms with E-state index in [9.17, 15) is 4.79 Å². The van der Waals surface area contributed by atoms with E-state index in [-0.39, 0.29) is 0 Å². The minimum absolute atomic E-state index is 0.311. The van der Waals surface area contributed by atoms with Crippen molar-refractivity contribution in [2.45, 2.75) is 13.5 Å². The van der Waals surface area contributed by atoms with Crippen LogP contribution in [0.2, 0.25) is 5.02 Å². The van der Waals surface area contributed by atoms with E-state index in [0.29, 0.717) is 23.9 Å². The minimum Gasteiger partial charge on any atom is -0.450 e. The smallest absolute Gasteiger partial charge is 0.407 e. The molecule has 0 aliphatic heterocycles. The number of alkyl carbamates (subject to hydrolysis) is 1. The van der Waals surface area contributed by atoms with Gasteiger partial charge in [0.1, 0.15) is 0 Å². The van der Waals surface area contributed by atoms with Crippen LogP contribution in [-0.4, -0.2) is 12.7 Å². The van der Waals surface area contributed by atoms with Crippen LogP contribution in [0.4, 0.5) is 10.5 Å². The molecule has 0 aromatic heterocycles. The van der Waals surface area contributed by atoms with E-state index in [1.54, 1.807) is 25.1 Å². The second-order valence-electron chi connectivity index (χ2n) is 2.92. The fourth-order valence-electron chi connectivity index (χ4n) is 1.08. The molecule has 1 aromatic carbocycles. The summed E-state index contributed by atoms with van der Waals surface area (Å²) in [7, 11) is 0. The summed E-state index contributed by atoms with van der Waals surface area (Å²) < 4.78 is 4.71. The van der Waals surface area contributed by atoms with Crippen LogP contribution < -0.4 is 11.1 Å². The zero-order chi connectivity index (χ0) is 11.3. The molecule has 1 rings (SSSR count). The van der Waals surface area contributed by atoms with E-state index in [4.69, 9.17) is 22.1 Å². The van der Waals surface area contributed by atoms with E-state index in [1.807, 2.05) is 0 Å². The molecule has 0 aliphatic carbocycles. The molecule has 0 spiro atoms. The molecule has 0 heterocycles. The van der Waals surface area contributed by atoms with Gasteiger partial charge in [-0.2, -0.15) is 0 Å². The molecule has 15 heavy (non-hydrogen) atoms. The first-order chi connectivity index (χ1) is 7.13. The molecule has 0 aliphatic rings. The number of halogens is 1. The summed E-state index contributed by atoms with van der Waals surface area (Å²) in [6.45, 7) is 2.40. The van der Waals surface area contributed by atoms with Crippen LogP contribution in [0.1, 0.15) is 12.5 Å². The number of anilines is 1. The van der Waals surface area contributed by atoms with Crippen molar-refractivity contribution in [3.05, 3.63) is 28.8 Å². The Labute approximate surface area is 93.4 Å². The number of carbonyl (C=O) groups is 1. The topological polar surface area (TPSA) is 64.3 Å². The van der Waals surface area contributed by atoms with Gasteiger partial charge in [0.2, 0.25) is 0 Å². The van der Waals surface area contributed by atoms with Crippen molar-refractivity contribution < 1.29 is 9.53 Å². The van der Waals surface area contributed by atoms with Crippen LogP contribution in [0, 0.1) is 0 Å². The van der Waals surface area contributed by atoms with Gasteiger partial charge in [-0.25, -0.2) is 4.79 Å². The number of hydrogen-bond donors (Lipinski definition) is 2. The third kappa shape index (κ3) is 3.67. The van der Waals surface area contributed by atoms with Gasteiger partial charge in [0.25, 0.3) is 0 Å². The average molecular weight is 229 g/mol. The Kier molecular flexibility index (Phi) is 4.24. The van der Waals surface area contributed by atoms with Crippen molar-refractivity contribution in [1.82, 2.24) is 5.32 Å². The van der Waals surface area contributed by atoms with Gasteiger partial charge in [-0.15, -0.1) is 0 Å². The molecule has 4 nitrogen and oxygen atoms in total. The number of nitrogens with one attached hydrogen (secondary N) is 1. The molecule has 3 N–H and O–H groups in total. The first-order valence-electron chi connectivity index (χ1n) is 4.58. The van der Waals surface area contributed by atoms with Crippen LogP contribution in [0.25, 0.3) is 0 Å². The van der Waals surface area contributed by atoms with Crippen LogP contribution >= 0.6 is 11.6 Å². The van der Waals surface area contributed by atoms with Gasteiger partial charge in [0.05, 0.1) is 6.61 Å². The summed E-state index contributed by atoms with van der Waals surface area (Å²) in [5.41, 5.74) is 7.07. The molecule has 0 unspecified atom stereocenters. The number of rotatable bonds is 3. The predicted molar refractivity (Wildman–Crippen MR) is 59.7 cm³/mol. The SMILES string of the molecule is CCOC(=O)NCc1cc(Cl)ccc1N. The highest BCUT2D eigenvalue weighted by Gasteiger charge is 2.03. The fourth-order valence-corrected chi connectivity index (χ4v) is 1.27. The molecular formula is C10H13ClN2O2. The minimum atomic E-state index is -0.461. The highest BCUT2D eigenvalue weighted by Crippen LogP contribution is 2.17. The lowest BCUT2D eigenvalue weighted by molar-refractivity contribution is 0.151. The van der Waals surface area contributed by atoms with Gasteiger partial charge < -0.3 is 15.8 Å². The van der Waals surface area contributed by atoms with Crippen molar-refractivity contribution in [2.75, 3.05) is 12.3 Å². The predicted octanol–water partition coefficient (Wildman–Crippen LogP) is 2.17. The third-order valence-corrected chi connectivity index (χ3v) is 2.04. The quantitative estimate of drug-likeness (QED) is 0.780. The summed E-state index contributed by atoms with van der Waals surface area (Å²) in [5, 5.41) is 3.16. The first kappa shape index (κ1) is 11.7. The Bertz CT molecular complexity index is 355. The second-order valence-corrected chi connectivity index (χ2v) is 3.35. The highest BCUT2D eigenvalue weighted by molar-refractivity contribution is 6.30. The van der Waals surface area contributed by atoms with Gasteiger partial charge in [-0.1, -0.05) is 11.6 Å². The molecule has 0 saturated heterocycles. The molecule has 5 heteroatoms. The van der Waals surface area contributed by atoms with Crippen LogP contribution in [0.15, 0.2) is 18.2 Å². The Balaban J connectivity index is 2.57. The monoisotopic (exact) mass is 228 g/mol. The van der Waals surface area contributed by atoms with Crippen molar-refractivity contribution in [3.8, 4) is 0 Å². The summed E-state index contributed by atoms with van der Waals surface area (Å²) in [4.78, 5) is 11.0. The largest absolute Gasteiger partial charge is 0.450 e. The zero-order valence-corrected chi connectivity index (χ0v) is 9.17. The molecule has 1 aromatic rings. The van der Waals surface area contributed by atoms with Crippen molar-refractivity contribution in [3.63, 3.8) is 0 Å². The van der Waals surface area contributed by atoms with E-state index in [0.717, 1.165) is 5.56 Å². The van der Waals surface area contributed by atoms with Gasteiger partial charge in [0, 0.05) is 17.3 Å². The van der Waals surface area contributed by atoms with Gasteiger partial charge in [-0.05, 0) is 30.7 Å². The first-order valence-corrected chi connectivity index (χ1v) is 4.95. The van der Waals surface area contributed by atoms with Crippen LogP contribution in [-0.2, 0) is 11.3 Å². The Morgan fingerprint density at radius 3 is 3.00 bits per heavy atom. The lowest BCUT2D eigenvalue weighted by Gasteiger charge is -2.07. The zero-order valence-electron chi connectivity index (χ0n) is 8.42. The van der Waals surface area contributed by atoms with E-state index < -0.39 is 6.09 Å². The second kappa shape index (κ2) is 5.46. The fraction of sp³-hybridized carbons (Fsp3) is 0.300. The average Bonchev–Trinajstić information content (AvgIpc) is 2.20. The molecular weight excluding hydrogens is 216 g/mol. The standard InChI is InChI=1S/C10H13ClN2O2/c1-2-15-10(14)13-6-7-5-8(11)3-4-9(7)12/h3-5H,2,6,12H2,1H3,(H,13,14). The van der Waals surface area contributed by atoms with Crippen LogP contribution in [0.5, 0.6) is 0 Å². The number of ether oxygens (including phenoxy) is 1. The number of carbonyl (C=O) groups excluding carboxylic acids is 1. The van der Waals surface area contributed by atoms with Crippen molar-refractivity contribution in [2.24, 2.45) is 0 Å². The number of benzene rings is 1.